The number of hydrogen-bond donors (Lipinski definition) is 2. The second-order valence-electron chi connectivity index (χ2n) is 3.71. The van der Waals surface area contributed by atoms with Gasteiger partial charge in [0.05, 0.1) is 0 Å². The van der Waals surface area contributed by atoms with Gasteiger partial charge in [0, 0.05) is 32.1 Å². The number of carboxylic acids is 1. The number of anilines is 1. The van der Waals surface area contributed by atoms with Crippen LogP contribution in [0.25, 0.3) is 0 Å². The summed E-state index contributed by atoms with van der Waals surface area (Å²) in [5.74, 6) is -0.799. The van der Waals surface area contributed by atoms with Crippen LogP contribution in [-0.2, 0) is 4.79 Å². The standard InChI is InChI=1S/C12H18N2O4/c1-3-14(4-2)11(15)7-8-13-10-6-5-9(18-10)12(16)17/h5-6,13H,3-4,7-8H2,1-2H3,(H,16,17). The van der Waals surface area contributed by atoms with E-state index in [2.05, 4.69) is 5.32 Å². The number of carboxylic acid groups (broad SMARTS) is 1. The molecule has 6 heteroatoms. The summed E-state index contributed by atoms with van der Waals surface area (Å²) in [6.45, 7) is 5.67. The Morgan fingerprint density at radius 3 is 2.50 bits per heavy atom. The molecule has 0 fully saturated rings. The van der Waals surface area contributed by atoms with Crippen LogP contribution in [0.5, 0.6) is 0 Å². The number of carbonyl (C=O) groups is 2. The third kappa shape index (κ3) is 3.80. The molecule has 2 N–H and O–H groups in total. The van der Waals surface area contributed by atoms with E-state index in [4.69, 9.17) is 9.52 Å². The Kier molecular flexibility index (Phi) is 5.23. The van der Waals surface area contributed by atoms with Gasteiger partial charge in [-0.15, -0.1) is 0 Å². The predicted octanol–water partition coefficient (Wildman–Crippen LogP) is 1.65. The number of nitrogens with zero attached hydrogens (tertiary/aromatic N) is 1. The Balaban J connectivity index is 2.37. The molecule has 0 aliphatic heterocycles. The molecule has 0 unspecified atom stereocenters. The highest BCUT2D eigenvalue weighted by molar-refractivity contribution is 5.84. The van der Waals surface area contributed by atoms with E-state index in [0.29, 0.717) is 31.9 Å². The highest BCUT2D eigenvalue weighted by Gasteiger charge is 2.11. The molecule has 0 aromatic carbocycles. The molecule has 0 bridgehead atoms. The van der Waals surface area contributed by atoms with Crippen molar-refractivity contribution in [3.63, 3.8) is 0 Å². The summed E-state index contributed by atoms with van der Waals surface area (Å²) >= 11 is 0. The normalized spacial score (nSPS) is 10.1. The van der Waals surface area contributed by atoms with E-state index >= 15 is 0 Å². The molecule has 0 saturated heterocycles. The van der Waals surface area contributed by atoms with Crippen molar-refractivity contribution in [3.05, 3.63) is 17.9 Å². The van der Waals surface area contributed by atoms with Crippen LogP contribution in [0.15, 0.2) is 16.5 Å². The van der Waals surface area contributed by atoms with E-state index in [1.807, 2.05) is 13.8 Å². The van der Waals surface area contributed by atoms with Crippen molar-refractivity contribution in [3.8, 4) is 0 Å². The minimum absolute atomic E-state index is 0.0671. The summed E-state index contributed by atoms with van der Waals surface area (Å²) in [7, 11) is 0. The lowest BCUT2D eigenvalue weighted by Gasteiger charge is -2.18. The SMILES string of the molecule is CCN(CC)C(=O)CCNc1ccc(C(=O)O)o1. The van der Waals surface area contributed by atoms with Crippen LogP contribution in [0.3, 0.4) is 0 Å². The van der Waals surface area contributed by atoms with E-state index in [-0.39, 0.29) is 11.7 Å². The van der Waals surface area contributed by atoms with Crippen molar-refractivity contribution in [1.29, 1.82) is 0 Å². The number of nitrogens with one attached hydrogen (secondary N) is 1. The lowest BCUT2D eigenvalue weighted by Crippen LogP contribution is -2.31. The number of hydrogen-bond acceptors (Lipinski definition) is 4. The third-order valence-corrected chi connectivity index (χ3v) is 2.57. The fourth-order valence-corrected chi connectivity index (χ4v) is 1.57. The monoisotopic (exact) mass is 254 g/mol. The summed E-state index contributed by atoms with van der Waals surface area (Å²) < 4.78 is 5.00. The summed E-state index contributed by atoms with van der Waals surface area (Å²) in [6.07, 6.45) is 0.352. The number of aromatic carboxylic acids is 1. The van der Waals surface area contributed by atoms with E-state index < -0.39 is 5.97 Å². The number of furan rings is 1. The zero-order valence-corrected chi connectivity index (χ0v) is 10.6. The van der Waals surface area contributed by atoms with E-state index in [9.17, 15) is 9.59 Å². The zero-order valence-electron chi connectivity index (χ0n) is 10.6. The Hall–Kier alpha value is -1.98. The van der Waals surface area contributed by atoms with Gasteiger partial charge in [-0.25, -0.2) is 4.79 Å². The third-order valence-electron chi connectivity index (χ3n) is 2.57. The molecule has 1 aromatic rings. The molecule has 1 heterocycles. The molecular weight excluding hydrogens is 236 g/mol. The second kappa shape index (κ2) is 6.68. The Morgan fingerprint density at radius 2 is 2.00 bits per heavy atom. The quantitative estimate of drug-likeness (QED) is 0.773. The second-order valence-corrected chi connectivity index (χ2v) is 3.71. The van der Waals surface area contributed by atoms with Crippen molar-refractivity contribution in [2.24, 2.45) is 0 Å². The lowest BCUT2D eigenvalue weighted by atomic mass is 10.3. The number of rotatable bonds is 7. The minimum atomic E-state index is -1.11. The van der Waals surface area contributed by atoms with Gasteiger partial charge in [0.15, 0.2) is 5.88 Å². The number of amides is 1. The summed E-state index contributed by atoms with van der Waals surface area (Å²) in [4.78, 5) is 24.0. The summed E-state index contributed by atoms with van der Waals surface area (Å²) in [6, 6.07) is 2.90. The van der Waals surface area contributed by atoms with E-state index in [1.165, 1.54) is 12.1 Å². The van der Waals surface area contributed by atoms with Crippen LogP contribution in [-0.4, -0.2) is 41.5 Å². The predicted molar refractivity (Wildman–Crippen MR) is 66.7 cm³/mol. The number of carbonyl (C=O) groups excluding carboxylic acids is 1. The molecule has 0 atom stereocenters. The molecule has 0 radical (unpaired) electrons. The molecule has 0 aliphatic carbocycles. The largest absolute Gasteiger partial charge is 0.475 e. The van der Waals surface area contributed by atoms with Gasteiger partial charge in [-0.3, -0.25) is 4.79 Å². The fourth-order valence-electron chi connectivity index (χ4n) is 1.57. The minimum Gasteiger partial charge on any atom is -0.475 e. The Bertz CT molecular complexity index is 410. The first-order valence-corrected chi connectivity index (χ1v) is 5.93. The fraction of sp³-hybridized carbons (Fsp3) is 0.500. The molecule has 1 amide bonds. The summed E-state index contributed by atoms with van der Waals surface area (Å²) in [5, 5.41) is 11.5. The molecule has 0 saturated carbocycles. The summed E-state index contributed by atoms with van der Waals surface area (Å²) in [5.41, 5.74) is 0. The molecule has 0 aliphatic rings. The van der Waals surface area contributed by atoms with Gasteiger partial charge in [0.1, 0.15) is 0 Å². The smallest absolute Gasteiger partial charge is 0.371 e. The van der Waals surface area contributed by atoms with Gasteiger partial charge >= 0.3 is 5.97 Å². The van der Waals surface area contributed by atoms with Crippen molar-refractivity contribution in [1.82, 2.24) is 4.90 Å². The van der Waals surface area contributed by atoms with Crippen LogP contribution in [0, 0.1) is 0 Å². The zero-order chi connectivity index (χ0) is 13.5. The molecule has 0 spiro atoms. The van der Waals surface area contributed by atoms with Gasteiger partial charge in [-0.05, 0) is 19.9 Å². The van der Waals surface area contributed by atoms with Gasteiger partial charge in [0.25, 0.3) is 0 Å². The van der Waals surface area contributed by atoms with Crippen LogP contribution in [0.1, 0.15) is 30.8 Å². The van der Waals surface area contributed by atoms with Crippen molar-refractivity contribution < 1.29 is 19.1 Å². The maximum Gasteiger partial charge on any atom is 0.371 e. The van der Waals surface area contributed by atoms with E-state index in [0.717, 1.165) is 0 Å². The maximum atomic E-state index is 11.7. The molecular formula is C12H18N2O4. The Morgan fingerprint density at radius 1 is 1.33 bits per heavy atom. The Labute approximate surface area is 106 Å². The van der Waals surface area contributed by atoms with Crippen LogP contribution in [0.4, 0.5) is 5.88 Å². The molecule has 100 valence electrons. The molecule has 1 rings (SSSR count). The molecule has 6 nitrogen and oxygen atoms in total. The van der Waals surface area contributed by atoms with Gasteiger partial charge in [-0.1, -0.05) is 0 Å². The molecule has 1 aromatic heterocycles. The van der Waals surface area contributed by atoms with Gasteiger partial charge in [0.2, 0.25) is 11.7 Å². The first-order valence-electron chi connectivity index (χ1n) is 5.93. The topological polar surface area (TPSA) is 82.8 Å². The van der Waals surface area contributed by atoms with Crippen LogP contribution >= 0.6 is 0 Å². The average molecular weight is 254 g/mol. The lowest BCUT2D eigenvalue weighted by molar-refractivity contribution is -0.130. The molecule has 18 heavy (non-hydrogen) atoms. The van der Waals surface area contributed by atoms with Crippen LogP contribution in [0.2, 0.25) is 0 Å². The van der Waals surface area contributed by atoms with Crippen molar-refractivity contribution >= 4 is 17.8 Å². The van der Waals surface area contributed by atoms with Gasteiger partial charge < -0.3 is 19.7 Å². The maximum absolute atomic E-state index is 11.7. The first kappa shape index (κ1) is 14.1. The highest BCUT2D eigenvalue weighted by atomic mass is 16.4. The van der Waals surface area contributed by atoms with Crippen LogP contribution < -0.4 is 5.32 Å². The van der Waals surface area contributed by atoms with Crippen molar-refractivity contribution in [2.75, 3.05) is 25.0 Å². The van der Waals surface area contributed by atoms with Crippen molar-refractivity contribution in [2.45, 2.75) is 20.3 Å². The van der Waals surface area contributed by atoms with E-state index in [1.54, 1.807) is 4.90 Å². The average Bonchev–Trinajstić information content (AvgIpc) is 2.79. The first-order chi connectivity index (χ1) is 8.58. The highest BCUT2D eigenvalue weighted by Crippen LogP contribution is 2.13. The van der Waals surface area contributed by atoms with Gasteiger partial charge in [-0.2, -0.15) is 0 Å².